The van der Waals surface area contributed by atoms with Crippen LogP contribution in [0.15, 0.2) is 55.2 Å². The van der Waals surface area contributed by atoms with Gasteiger partial charge in [-0.3, -0.25) is 4.98 Å². The first kappa shape index (κ1) is 16.7. The number of fused-ring (bicyclic) bond motifs is 1. The molecule has 0 fully saturated rings. The summed E-state index contributed by atoms with van der Waals surface area (Å²) in [4.78, 5) is 16.2. The van der Waals surface area contributed by atoms with E-state index in [9.17, 15) is 0 Å². The molecule has 4 rings (SSSR count). The highest BCUT2D eigenvalue weighted by Crippen LogP contribution is 2.14. The van der Waals surface area contributed by atoms with Crippen LogP contribution in [-0.4, -0.2) is 24.5 Å². The Morgan fingerprint density at radius 2 is 1.92 bits per heavy atom. The van der Waals surface area contributed by atoms with E-state index in [1.807, 2.05) is 42.9 Å². The third-order valence-electron chi connectivity index (χ3n) is 3.92. The molecule has 0 aliphatic carbocycles. The Labute approximate surface area is 150 Å². The Morgan fingerprint density at radius 1 is 1.08 bits per heavy atom. The fourth-order valence-corrected chi connectivity index (χ4v) is 2.68. The maximum absolute atomic E-state index is 8.87. The van der Waals surface area contributed by atoms with E-state index in [1.165, 1.54) is 0 Å². The molecule has 124 valence electrons. The molecule has 6 nitrogen and oxygen atoms in total. The number of nitrogens with one attached hydrogen (secondary N) is 1. The number of benzene rings is 1. The molecular formula is C18H15ClN6. The van der Waals surface area contributed by atoms with Crippen LogP contribution < -0.4 is 0 Å². The van der Waals surface area contributed by atoms with Crippen molar-refractivity contribution in [1.29, 1.82) is 5.26 Å². The van der Waals surface area contributed by atoms with Crippen molar-refractivity contribution < 1.29 is 0 Å². The van der Waals surface area contributed by atoms with Gasteiger partial charge in [0.05, 0.1) is 29.7 Å². The molecule has 0 amide bonds. The molecule has 0 saturated carbocycles. The Morgan fingerprint density at radius 3 is 2.68 bits per heavy atom. The second-order valence-corrected chi connectivity index (χ2v) is 5.57. The van der Waals surface area contributed by atoms with Crippen LogP contribution in [0, 0.1) is 11.3 Å². The Kier molecular flexibility index (Phi) is 4.78. The number of imidazole rings is 2. The van der Waals surface area contributed by atoms with Gasteiger partial charge in [-0.1, -0.05) is 12.1 Å². The maximum atomic E-state index is 8.87. The average Bonchev–Trinajstić information content (AvgIpc) is 3.22. The quantitative estimate of drug-likeness (QED) is 0.613. The third kappa shape index (κ3) is 3.52. The molecule has 0 aliphatic heterocycles. The van der Waals surface area contributed by atoms with Crippen LogP contribution in [0.3, 0.4) is 0 Å². The van der Waals surface area contributed by atoms with E-state index >= 15 is 0 Å². The molecule has 1 aromatic carbocycles. The van der Waals surface area contributed by atoms with Gasteiger partial charge in [0, 0.05) is 31.1 Å². The van der Waals surface area contributed by atoms with Crippen molar-refractivity contribution in [3.63, 3.8) is 0 Å². The van der Waals surface area contributed by atoms with E-state index in [-0.39, 0.29) is 12.4 Å². The molecule has 0 radical (unpaired) electrons. The van der Waals surface area contributed by atoms with E-state index in [4.69, 9.17) is 5.26 Å². The summed E-state index contributed by atoms with van der Waals surface area (Å²) in [5.41, 5.74) is 4.72. The highest BCUT2D eigenvalue weighted by Gasteiger charge is 2.08. The predicted octanol–water partition coefficient (Wildman–Crippen LogP) is 3.09. The Balaban J connectivity index is 0.00000182. The van der Waals surface area contributed by atoms with E-state index in [0.29, 0.717) is 18.5 Å². The first-order chi connectivity index (χ1) is 11.8. The summed E-state index contributed by atoms with van der Waals surface area (Å²) in [6, 6.07) is 11.6. The molecule has 4 aromatic rings. The van der Waals surface area contributed by atoms with E-state index in [2.05, 4.69) is 30.6 Å². The van der Waals surface area contributed by atoms with Gasteiger partial charge in [0.2, 0.25) is 0 Å². The zero-order valence-electron chi connectivity index (χ0n) is 13.3. The van der Waals surface area contributed by atoms with Crippen LogP contribution in [-0.2, 0) is 13.0 Å². The lowest BCUT2D eigenvalue weighted by Gasteiger charge is -2.07. The summed E-state index contributed by atoms with van der Waals surface area (Å²) in [7, 11) is 0. The zero-order valence-corrected chi connectivity index (χ0v) is 14.1. The van der Waals surface area contributed by atoms with Crippen LogP contribution >= 0.6 is 12.4 Å². The molecule has 0 unspecified atom stereocenters. The number of hydrogen-bond acceptors (Lipinski definition) is 4. The number of rotatable bonds is 4. The second-order valence-electron chi connectivity index (χ2n) is 5.57. The fourth-order valence-electron chi connectivity index (χ4n) is 2.68. The summed E-state index contributed by atoms with van der Waals surface area (Å²) in [6.45, 7) is 0.711. The van der Waals surface area contributed by atoms with Crippen LogP contribution in [0.5, 0.6) is 0 Å². The number of aromatic nitrogens is 5. The molecule has 0 bridgehead atoms. The fraction of sp³-hybridized carbons (Fsp3) is 0.111. The van der Waals surface area contributed by atoms with Gasteiger partial charge in [0.15, 0.2) is 0 Å². The first-order valence-corrected chi connectivity index (χ1v) is 7.58. The number of halogens is 1. The normalized spacial score (nSPS) is 10.4. The summed E-state index contributed by atoms with van der Waals surface area (Å²) < 4.78 is 2.09. The van der Waals surface area contributed by atoms with Crippen molar-refractivity contribution in [2.45, 2.75) is 13.0 Å². The van der Waals surface area contributed by atoms with Gasteiger partial charge in [0.25, 0.3) is 0 Å². The summed E-state index contributed by atoms with van der Waals surface area (Å²) in [6.07, 6.45) is 7.85. The van der Waals surface area contributed by atoms with E-state index in [0.717, 1.165) is 28.1 Å². The lowest BCUT2D eigenvalue weighted by molar-refractivity contribution is 0.746. The SMILES string of the molecule is Cl.N#Cc1ccc(Cn2cncc2Cc2nc3cnccc3[nH]2)cc1. The minimum absolute atomic E-state index is 0. The van der Waals surface area contributed by atoms with Crippen LogP contribution in [0.2, 0.25) is 0 Å². The molecule has 0 atom stereocenters. The van der Waals surface area contributed by atoms with Crippen molar-refractivity contribution in [3.05, 3.63) is 77.9 Å². The molecule has 3 heterocycles. The van der Waals surface area contributed by atoms with Crippen molar-refractivity contribution in [2.75, 3.05) is 0 Å². The summed E-state index contributed by atoms with van der Waals surface area (Å²) in [5, 5.41) is 8.87. The summed E-state index contributed by atoms with van der Waals surface area (Å²) in [5.74, 6) is 0.888. The van der Waals surface area contributed by atoms with Gasteiger partial charge < -0.3 is 9.55 Å². The standard InChI is InChI=1S/C18H14N6.ClH/c19-8-13-1-3-14(4-2-13)11-24-12-21-9-15(24)7-18-22-16-5-6-20-10-17(16)23-18;/h1-6,9-10,12H,7,11H2,(H,22,23);1H. The summed E-state index contributed by atoms with van der Waals surface area (Å²) >= 11 is 0. The number of pyridine rings is 1. The number of nitrogens with zero attached hydrogens (tertiary/aromatic N) is 5. The van der Waals surface area contributed by atoms with Crippen molar-refractivity contribution >= 4 is 23.4 Å². The molecule has 0 spiro atoms. The molecule has 0 saturated heterocycles. The van der Waals surface area contributed by atoms with Gasteiger partial charge in [-0.2, -0.15) is 5.26 Å². The Bertz CT molecular complexity index is 993. The number of nitriles is 1. The zero-order chi connectivity index (χ0) is 16.4. The average molecular weight is 351 g/mol. The van der Waals surface area contributed by atoms with Gasteiger partial charge in [0.1, 0.15) is 11.3 Å². The highest BCUT2D eigenvalue weighted by molar-refractivity contribution is 5.85. The number of hydrogen-bond donors (Lipinski definition) is 1. The predicted molar refractivity (Wildman–Crippen MR) is 96.4 cm³/mol. The second kappa shape index (κ2) is 7.16. The first-order valence-electron chi connectivity index (χ1n) is 7.58. The topological polar surface area (TPSA) is 83.2 Å². The molecule has 3 aromatic heterocycles. The number of H-pyrrole nitrogens is 1. The minimum Gasteiger partial charge on any atom is -0.342 e. The minimum atomic E-state index is 0. The van der Waals surface area contributed by atoms with Crippen molar-refractivity contribution in [2.24, 2.45) is 0 Å². The highest BCUT2D eigenvalue weighted by atomic mass is 35.5. The Hall–Kier alpha value is -3.17. The van der Waals surface area contributed by atoms with Crippen LogP contribution in [0.1, 0.15) is 22.6 Å². The smallest absolute Gasteiger partial charge is 0.113 e. The number of aromatic amines is 1. The van der Waals surface area contributed by atoms with Crippen LogP contribution in [0.4, 0.5) is 0 Å². The third-order valence-corrected chi connectivity index (χ3v) is 3.92. The monoisotopic (exact) mass is 350 g/mol. The van der Waals surface area contributed by atoms with Gasteiger partial charge in [-0.15, -0.1) is 12.4 Å². The van der Waals surface area contributed by atoms with Crippen LogP contribution in [0.25, 0.3) is 11.0 Å². The molecule has 0 aliphatic rings. The lowest BCUT2D eigenvalue weighted by Crippen LogP contribution is -2.04. The molecule has 7 heteroatoms. The van der Waals surface area contributed by atoms with Crippen molar-refractivity contribution in [3.8, 4) is 6.07 Å². The maximum Gasteiger partial charge on any atom is 0.113 e. The molecule has 25 heavy (non-hydrogen) atoms. The molecular weight excluding hydrogens is 336 g/mol. The lowest BCUT2D eigenvalue weighted by atomic mass is 10.1. The van der Waals surface area contributed by atoms with Gasteiger partial charge in [-0.05, 0) is 23.8 Å². The largest absolute Gasteiger partial charge is 0.342 e. The van der Waals surface area contributed by atoms with Gasteiger partial charge in [-0.25, -0.2) is 9.97 Å². The van der Waals surface area contributed by atoms with Crippen molar-refractivity contribution in [1.82, 2.24) is 24.5 Å². The molecule has 1 N–H and O–H groups in total. The van der Waals surface area contributed by atoms with E-state index in [1.54, 1.807) is 12.4 Å². The van der Waals surface area contributed by atoms with Gasteiger partial charge >= 0.3 is 0 Å². The van der Waals surface area contributed by atoms with E-state index < -0.39 is 0 Å².